The molecule has 2 nitrogen and oxygen atoms in total. The monoisotopic (exact) mass is 218 g/mol. The van der Waals surface area contributed by atoms with Gasteiger partial charge in [0.05, 0.1) is 4.99 Å². The van der Waals surface area contributed by atoms with E-state index in [1.807, 2.05) is 6.07 Å². The fourth-order valence-electron chi connectivity index (χ4n) is 1.79. The molecule has 78 valence electrons. The molecule has 0 unspecified atom stereocenters. The lowest BCUT2D eigenvalue weighted by molar-refractivity contribution is 0.873. The topological polar surface area (TPSA) is 41.8 Å². The molecule has 1 aromatic carbocycles. The van der Waals surface area contributed by atoms with Gasteiger partial charge in [0.2, 0.25) is 0 Å². The van der Waals surface area contributed by atoms with Gasteiger partial charge >= 0.3 is 0 Å². The number of hydrogen-bond donors (Lipinski definition) is 2. The van der Waals surface area contributed by atoms with E-state index in [9.17, 15) is 0 Å². The molecule has 0 radical (unpaired) electrons. The van der Waals surface area contributed by atoms with E-state index >= 15 is 0 Å². The number of thiocarbonyl (C=S) groups is 1. The van der Waals surface area contributed by atoms with Crippen LogP contribution in [0.4, 0.5) is 0 Å². The van der Waals surface area contributed by atoms with E-state index in [-0.39, 0.29) is 0 Å². The molecule has 1 aromatic heterocycles. The number of benzene rings is 1. The molecule has 0 saturated heterocycles. The molecule has 2 aromatic rings. The zero-order chi connectivity index (χ0) is 10.7. The van der Waals surface area contributed by atoms with Gasteiger partial charge < -0.3 is 10.7 Å². The molecule has 0 spiro atoms. The Balaban J connectivity index is 2.11. The first-order valence-electron chi connectivity index (χ1n) is 5.10. The third kappa shape index (κ3) is 2.36. The molecule has 3 heteroatoms. The van der Waals surface area contributed by atoms with E-state index in [0.29, 0.717) is 4.99 Å². The van der Waals surface area contributed by atoms with E-state index < -0.39 is 0 Å². The maximum absolute atomic E-state index is 5.47. The van der Waals surface area contributed by atoms with Gasteiger partial charge in [-0.15, -0.1) is 0 Å². The fourth-order valence-corrected chi connectivity index (χ4v) is 1.94. The van der Waals surface area contributed by atoms with Gasteiger partial charge in [0, 0.05) is 17.1 Å². The second kappa shape index (κ2) is 4.45. The van der Waals surface area contributed by atoms with Crippen LogP contribution in [0.5, 0.6) is 0 Å². The Hall–Kier alpha value is -1.35. The van der Waals surface area contributed by atoms with Crippen molar-refractivity contribution in [2.45, 2.75) is 19.3 Å². The molecule has 0 aliphatic carbocycles. The molecule has 0 saturated carbocycles. The van der Waals surface area contributed by atoms with Crippen LogP contribution in [0, 0.1) is 0 Å². The zero-order valence-corrected chi connectivity index (χ0v) is 9.31. The Kier molecular flexibility index (Phi) is 3.02. The van der Waals surface area contributed by atoms with Gasteiger partial charge in [-0.05, 0) is 30.9 Å². The van der Waals surface area contributed by atoms with Crippen LogP contribution in [0.15, 0.2) is 30.5 Å². The van der Waals surface area contributed by atoms with Gasteiger partial charge in [-0.2, -0.15) is 0 Å². The van der Waals surface area contributed by atoms with Crippen molar-refractivity contribution < 1.29 is 0 Å². The second-order valence-electron chi connectivity index (χ2n) is 3.68. The van der Waals surface area contributed by atoms with Crippen molar-refractivity contribution >= 4 is 28.1 Å². The number of para-hydroxylation sites is 1. The third-order valence-corrected chi connectivity index (χ3v) is 2.75. The van der Waals surface area contributed by atoms with Gasteiger partial charge in [-0.25, -0.2) is 0 Å². The highest BCUT2D eigenvalue weighted by atomic mass is 32.1. The average molecular weight is 218 g/mol. The highest BCUT2D eigenvalue weighted by Crippen LogP contribution is 2.19. The highest BCUT2D eigenvalue weighted by Gasteiger charge is 2.02. The summed E-state index contributed by atoms with van der Waals surface area (Å²) in [6.45, 7) is 0. The maximum Gasteiger partial charge on any atom is 0.0727 e. The molecular formula is C12H14N2S. The summed E-state index contributed by atoms with van der Waals surface area (Å²) >= 11 is 4.86. The third-order valence-electron chi connectivity index (χ3n) is 2.54. The molecule has 0 bridgehead atoms. The number of aromatic nitrogens is 1. The molecule has 0 atom stereocenters. The minimum Gasteiger partial charge on any atom is -0.393 e. The van der Waals surface area contributed by atoms with Crippen molar-refractivity contribution in [2.24, 2.45) is 5.73 Å². The number of aromatic amines is 1. The predicted octanol–water partition coefficient (Wildman–Crippen LogP) is 2.78. The van der Waals surface area contributed by atoms with E-state index in [4.69, 9.17) is 18.0 Å². The number of nitrogens with one attached hydrogen (secondary N) is 1. The van der Waals surface area contributed by atoms with Crippen LogP contribution in [-0.4, -0.2) is 9.97 Å². The van der Waals surface area contributed by atoms with E-state index in [1.165, 1.54) is 16.5 Å². The van der Waals surface area contributed by atoms with Crippen LogP contribution in [0.25, 0.3) is 10.9 Å². The Labute approximate surface area is 94.5 Å². The van der Waals surface area contributed by atoms with Crippen LogP contribution in [0.1, 0.15) is 18.4 Å². The first kappa shape index (κ1) is 10.2. The number of H-pyrrole nitrogens is 1. The molecule has 15 heavy (non-hydrogen) atoms. The second-order valence-corrected chi connectivity index (χ2v) is 4.20. The molecule has 2 rings (SSSR count). The Morgan fingerprint density at radius 2 is 2.13 bits per heavy atom. The summed E-state index contributed by atoms with van der Waals surface area (Å²) in [6, 6.07) is 8.33. The minimum absolute atomic E-state index is 0.606. The van der Waals surface area contributed by atoms with Crippen molar-refractivity contribution in [1.82, 2.24) is 4.98 Å². The van der Waals surface area contributed by atoms with Crippen LogP contribution < -0.4 is 5.73 Å². The Morgan fingerprint density at radius 1 is 1.33 bits per heavy atom. The van der Waals surface area contributed by atoms with Crippen LogP contribution in [0.3, 0.4) is 0 Å². The Morgan fingerprint density at radius 3 is 2.93 bits per heavy atom. The normalized spacial score (nSPS) is 10.7. The van der Waals surface area contributed by atoms with Crippen molar-refractivity contribution in [1.29, 1.82) is 0 Å². The lowest BCUT2D eigenvalue weighted by atomic mass is 10.1. The average Bonchev–Trinajstić information content (AvgIpc) is 2.62. The van der Waals surface area contributed by atoms with Gasteiger partial charge in [0.15, 0.2) is 0 Å². The smallest absolute Gasteiger partial charge is 0.0727 e. The summed E-state index contributed by atoms with van der Waals surface area (Å²) in [6.07, 6.45) is 4.96. The standard InChI is InChI=1S/C12H14N2S/c13-12(15)7-3-4-9-8-14-11-6-2-1-5-10(9)11/h1-2,5-6,8,14H,3-4,7H2,(H2,13,15). The SMILES string of the molecule is NC(=S)CCCc1c[nH]c2ccccc12. The van der Waals surface area contributed by atoms with Gasteiger partial charge in [-0.3, -0.25) is 0 Å². The summed E-state index contributed by atoms with van der Waals surface area (Å²) in [5.41, 5.74) is 8.01. The first-order valence-corrected chi connectivity index (χ1v) is 5.51. The van der Waals surface area contributed by atoms with Crippen molar-refractivity contribution in [3.05, 3.63) is 36.0 Å². The summed E-state index contributed by atoms with van der Waals surface area (Å²) in [7, 11) is 0. The molecule has 0 aliphatic rings. The van der Waals surface area contributed by atoms with Crippen LogP contribution in [-0.2, 0) is 6.42 Å². The molecule has 0 fully saturated rings. The molecular weight excluding hydrogens is 204 g/mol. The quantitative estimate of drug-likeness (QED) is 0.775. The predicted molar refractivity (Wildman–Crippen MR) is 68.0 cm³/mol. The lowest BCUT2D eigenvalue weighted by Gasteiger charge is -1.98. The van der Waals surface area contributed by atoms with Gasteiger partial charge in [0.1, 0.15) is 0 Å². The zero-order valence-electron chi connectivity index (χ0n) is 8.49. The molecule has 1 heterocycles. The van der Waals surface area contributed by atoms with E-state index in [1.54, 1.807) is 0 Å². The van der Waals surface area contributed by atoms with Crippen molar-refractivity contribution in [3.63, 3.8) is 0 Å². The number of nitrogens with two attached hydrogens (primary N) is 1. The molecule has 0 amide bonds. The summed E-state index contributed by atoms with van der Waals surface area (Å²) in [5, 5.41) is 1.31. The summed E-state index contributed by atoms with van der Waals surface area (Å²) in [4.78, 5) is 3.87. The maximum atomic E-state index is 5.47. The van der Waals surface area contributed by atoms with E-state index in [0.717, 1.165) is 19.3 Å². The minimum atomic E-state index is 0.606. The lowest BCUT2D eigenvalue weighted by Crippen LogP contribution is -2.07. The van der Waals surface area contributed by atoms with Crippen LogP contribution >= 0.6 is 12.2 Å². The first-order chi connectivity index (χ1) is 7.27. The van der Waals surface area contributed by atoms with Crippen molar-refractivity contribution in [2.75, 3.05) is 0 Å². The number of fused-ring (bicyclic) bond motifs is 1. The van der Waals surface area contributed by atoms with Gasteiger partial charge in [-0.1, -0.05) is 30.4 Å². The van der Waals surface area contributed by atoms with Crippen molar-refractivity contribution in [3.8, 4) is 0 Å². The van der Waals surface area contributed by atoms with E-state index in [2.05, 4.69) is 29.4 Å². The highest BCUT2D eigenvalue weighted by molar-refractivity contribution is 7.80. The number of hydrogen-bond acceptors (Lipinski definition) is 1. The summed E-state index contributed by atoms with van der Waals surface area (Å²) < 4.78 is 0. The fraction of sp³-hybridized carbons (Fsp3) is 0.250. The molecule has 3 N–H and O–H groups in total. The van der Waals surface area contributed by atoms with Gasteiger partial charge in [0.25, 0.3) is 0 Å². The molecule has 0 aliphatic heterocycles. The van der Waals surface area contributed by atoms with Crippen LogP contribution in [0.2, 0.25) is 0 Å². The number of aryl methyl sites for hydroxylation is 1. The summed E-state index contributed by atoms with van der Waals surface area (Å²) in [5.74, 6) is 0. The largest absolute Gasteiger partial charge is 0.393 e. The Bertz CT molecular complexity index is 473. The number of rotatable bonds is 4.